The Morgan fingerprint density at radius 1 is 1.03 bits per heavy atom. The molecule has 0 saturated heterocycles. The molecule has 1 aliphatic rings. The summed E-state index contributed by atoms with van der Waals surface area (Å²) in [4.78, 5) is 18.1. The standard InChI is InChI=1S/C28H23F3N2O3/c1-35-23-6-4-5-20(26(23)36-17-18-8-9-18)12-15-22-25(19-10-13-21(14-11-19)28(29,30)31)27(34)33-16-3-2-7-24(33)32-22/h2-7,10-16,18H,8-9,17H2,1H3/b15-12+. The first-order valence-corrected chi connectivity index (χ1v) is 11.5. The minimum Gasteiger partial charge on any atom is -0.493 e. The Labute approximate surface area is 205 Å². The maximum Gasteiger partial charge on any atom is 0.416 e. The predicted octanol–water partition coefficient (Wildman–Crippen LogP) is 6.35. The molecule has 1 fully saturated rings. The average Bonchev–Trinajstić information content (AvgIpc) is 3.70. The topological polar surface area (TPSA) is 52.8 Å². The summed E-state index contributed by atoms with van der Waals surface area (Å²) in [6.07, 6.45) is 2.85. The molecule has 1 aliphatic carbocycles. The van der Waals surface area contributed by atoms with Gasteiger partial charge in [-0.25, -0.2) is 4.98 Å². The van der Waals surface area contributed by atoms with Crippen molar-refractivity contribution in [3.63, 3.8) is 0 Å². The number of rotatable bonds is 7. The van der Waals surface area contributed by atoms with Crippen LogP contribution in [0.4, 0.5) is 13.2 Å². The van der Waals surface area contributed by atoms with Gasteiger partial charge in [0.15, 0.2) is 11.5 Å². The first kappa shape index (κ1) is 23.7. The first-order chi connectivity index (χ1) is 17.3. The number of benzene rings is 2. The van der Waals surface area contributed by atoms with E-state index in [0.29, 0.717) is 40.9 Å². The van der Waals surface area contributed by atoms with Gasteiger partial charge in [0.25, 0.3) is 5.56 Å². The lowest BCUT2D eigenvalue weighted by Gasteiger charge is -2.13. The zero-order valence-electron chi connectivity index (χ0n) is 19.5. The van der Waals surface area contributed by atoms with Crippen molar-refractivity contribution in [1.82, 2.24) is 9.38 Å². The number of alkyl halides is 3. The molecule has 5 nitrogen and oxygen atoms in total. The van der Waals surface area contributed by atoms with Crippen LogP contribution in [0.3, 0.4) is 0 Å². The monoisotopic (exact) mass is 492 g/mol. The third-order valence-corrected chi connectivity index (χ3v) is 6.07. The van der Waals surface area contributed by atoms with Gasteiger partial charge in [-0.15, -0.1) is 0 Å². The molecule has 0 bridgehead atoms. The zero-order chi connectivity index (χ0) is 25.3. The highest BCUT2D eigenvalue weighted by Crippen LogP contribution is 2.36. The highest BCUT2D eigenvalue weighted by Gasteiger charge is 2.30. The van der Waals surface area contributed by atoms with Crippen molar-refractivity contribution in [3.05, 3.63) is 94.0 Å². The number of hydrogen-bond acceptors (Lipinski definition) is 4. The van der Waals surface area contributed by atoms with Crippen LogP contribution in [-0.4, -0.2) is 23.1 Å². The van der Waals surface area contributed by atoms with Crippen molar-refractivity contribution in [1.29, 1.82) is 0 Å². The third kappa shape index (κ3) is 4.84. The van der Waals surface area contributed by atoms with E-state index in [1.165, 1.54) is 16.5 Å². The molecule has 0 aliphatic heterocycles. The molecule has 5 rings (SSSR count). The van der Waals surface area contributed by atoms with E-state index < -0.39 is 11.7 Å². The summed E-state index contributed by atoms with van der Waals surface area (Å²) in [6, 6.07) is 15.2. The molecule has 0 spiro atoms. The van der Waals surface area contributed by atoms with Gasteiger partial charge in [0.2, 0.25) is 0 Å². The van der Waals surface area contributed by atoms with Crippen LogP contribution in [0, 0.1) is 5.92 Å². The summed E-state index contributed by atoms with van der Waals surface area (Å²) in [7, 11) is 1.57. The van der Waals surface area contributed by atoms with Gasteiger partial charge in [-0.3, -0.25) is 9.20 Å². The molecular weight excluding hydrogens is 469 g/mol. The SMILES string of the molecule is COc1cccc(/C=C/c2nc3ccccn3c(=O)c2-c2ccc(C(F)(F)F)cc2)c1OCC1CC1. The van der Waals surface area contributed by atoms with Crippen molar-refractivity contribution in [2.75, 3.05) is 13.7 Å². The highest BCUT2D eigenvalue weighted by atomic mass is 19.4. The molecule has 0 atom stereocenters. The molecule has 2 heterocycles. The van der Waals surface area contributed by atoms with Crippen molar-refractivity contribution in [2.24, 2.45) is 5.92 Å². The fourth-order valence-electron chi connectivity index (χ4n) is 3.96. The third-order valence-electron chi connectivity index (χ3n) is 6.07. The molecule has 0 unspecified atom stereocenters. The summed E-state index contributed by atoms with van der Waals surface area (Å²) in [5.74, 6) is 1.73. The molecule has 0 N–H and O–H groups in total. The second kappa shape index (κ2) is 9.53. The van der Waals surface area contributed by atoms with Crippen molar-refractivity contribution in [3.8, 4) is 22.6 Å². The number of pyridine rings is 1. The lowest BCUT2D eigenvalue weighted by atomic mass is 10.0. The van der Waals surface area contributed by atoms with E-state index in [0.717, 1.165) is 30.5 Å². The van der Waals surface area contributed by atoms with E-state index >= 15 is 0 Å². The molecule has 1 saturated carbocycles. The van der Waals surface area contributed by atoms with Crippen LogP contribution < -0.4 is 15.0 Å². The zero-order valence-corrected chi connectivity index (χ0v) is 19.5. The van der Waals surface area contributed by atoms with Crippen molar-refractivity contribution < 1.29 is 22.6 Å². The van der Waals surface area contributed by atoms with Gasteiger partial charge in [-0.05, 0) is 66.8 Å². The number of nitrogens with zero attached hydrogens (tertiary/aromatic N) is 2. The van der Waals surface area contributed by atoms with Crippen LogP contribution >= 0.6 is 0 Å². The summed E-state index contributed by atoms with van der Waals surface area (Å²) in [6.45, 7) is 0.591. The summed E-state index contributed by atoms with van der Waals surface area (Å²) < 4.78 is 52.2. The Hall–Kier alpha value is -4.07. The number of hydrogen-bond donors (Lipinski definition) is 0. The van der Waals surface area contributed by atoms with Crippen LogP contribution in [0.2, 0.25) is 0 Å². The Morgan fingerprint density at radius 3 is 2.50 bits per heavy atom. The van der Waals surface area contributed by atoms with Gasteiger partial charge in [0, 0.05) is 11.8 Å². The predicted molar refractivity (Wildman–Crippen MR) is 132 cm³/mol. The second-order valence-electron chi connectivity index (χ2n) is 8.65. The molecule has 2 aromatic carbocycles. The number of para-hydroxylation sites is 1. The quantitative estimate of drug-likeness (QED) is 0.302. The van der Waals surface area contributed by atoms with Gasteiger partial charge in [-0.2, -0.15) is 13.2 Å². The minimum atomic E-state index is -4.47. The second-order valence-corrected chi connectivity index (χ2v) is 8.65. The van der Waals surface area contributed by atoms with Crippen molar-refractivity contribution >= 4 is 17.8 Å². The van der Waals surface area contributed by atoms with E-state index in [2.05, 4.69) is 4.98 Å². The largest absolute Gasteiger partial charge is 0.493 e. The summed E-state index contributed by atoms with van der Waals surface area (Å²) in [5.41, 5.74) is 0.877. The number of methoxy groups -OCH3 is 1. The van der Waals surface area contributed by atoms with Gasteiger partial charge in [-0.1, -0.05) is 30.3 Å². The van der Waals surface area contributed by atoms with Gasteiger partial charge in [0.05, 0.1) is 30.5 Å². The van der Waals surface area contributed by atoms with Crippen LogP contribution in [0.5, 0.6) is 11.5 Å². The van der Waals surface area contributed by atoms with Gasteiger partial charge >= 0.3 is 6.18 Å². The average molecular weight is 492 g/mol. The van der Waals surface area contributed by atoms with E-state index in [-0.39, 0.29) is 11.1 Å². The minimum absolute atomic E-state index is 0.201. The highest BCUT2D eigenvalue weighted by molar-refractivity contribution is 5.81. The van der Waals surface area contributed by atoms with Gasteiger partial charge < -0.3 is 9.47 Å². The van der Waals surface area contributed by atoms with E-state index in [9.17, 15) is 18.0 Å². The molecule has 8 heteroatoms. The van der Waals surface area contributed by atoms with E-state index in [1.54, 1.807) is 43.7 Å². The maximum atomic E-state index is 13.4. The van der Waals surface area contributed by atoms with E-state index in [1.807, 2.05) is 18.2 Å². The smallest absolute Gasteiger partial charge is 0.416 e. The van der Waals surface area contributed by atoms with Crippen LogP contribution in [0.15, 0.2) is 71.7 Å². The molecule has 184 valence electrons. The van der Waals surface area contributed by atoms with Gasteiger partial charge in [0.1, 0.15) is 5.65 Å². The number of aromatic nitrogens is 2. The lowest BCUT2D eigenvalue weighted by molar-refractivity contribution is -0.137. The molecule has 2 aromatic heterocycles. The molecular formula is C28H23F3N2O3. The molecule has 0 amide bonds. The normalized spacial score (nSPS) is 13.9. The van der Waals surface area contributed by atoms with Crippen LogP contribution in [0.25, 0.3) is 28.9 Å². The Bertz CT molecular complexity index is 1490. The first-order valence-electron chi connectivity index (χ1n) is 11.5. The Balaban J connectivity index is 1.61. The van der Waals surface area contributed by atoms with Crippen molar-refractivity contribution in [2.45, 2.75) is 19.0 Å². The molecule has 4 aromatic rings. The Kier molecular flexibility index (Phi) is 6.26. The Morgan fingerprint density at radius 2 is 1.81 bits per heavy atom. The fourth-order valence-corrected chi connectivity index (χ4v) is 3.96. The van der Waals surface area contributed by atoms with E-state index in [4.69, 9.17) is 9.47 Å². The fraction of sp³-hybridized carbons (Fsp3) is 0.214. The summed E-state index contributed by atoms with van der Waals surface area (Å²) >= 11 is 0. The number of ether oxygens (including phenoxy) is 2. The number of halogens is 3. The van der Waals surface area contributed by atoms with Crippen LogP contribution in [-0.2, 0) is 6.18 Å². The lowest BCUT2D eigenvalue weighted by Crippen LogP contribution is -2.18. The summed E-state index contributed by atoms with van der Waals surface area (Å²) in [5, 5.41) is 0. The molecule has 0 radical (unpaired) electrons. The van der Waals surface area contributed by atoms with Crippen LogP contribution in [0.1, 0.15) is 29.7 Å². The molecule has 36 heavy (non-hydrogen) atoms. The number of fused-ring (bicyclic) bond motifs is 1. The maximum absolute atomic E-state index is 13.4.